The number of hydrogen-bond acceptors (Lipinski definition) is 28. The van der Waals surface area contributed by atoms with Gasteiger partial charge in [-0.05, 0) is 324 Å². The highest BCUT2D eigenvalue weighted by Gasteiger charge is 2.59. The van der Waals surface area contributed by atoms with Gasteiger partial charge in [-0.1, -0.05) is 11.8 Å². The Kier molecular flexibility index (Phi) is 22.8. The van der Waals surface area contributed by atoms with E-state index in [2.05, 4.69) is 241 Å². The van der Waals surface area contributed by atoms with Crippen molar-refractivity contribution >= 4 is 35.6 Å². The Balaban J connectivity index is 1.17. The smallest absolute Gasteiger partial charge is 0.323 e. The first-order valence-electron chi connectivity index (χ1n) is 40.5. The van der Waals surface area contributed by atoms with Crippen molar-refractivity contribution < 1.29 is 46.4 Å². The quantitative estimate of drug-likeness (QED) is 0.0539. The highest BCUT2D eigenvalue weighted by Crippen LogP contribution is 2.53. The lowest BCUT2D eigenvalue weighted by Gasteiger charge is -2.59. The molecule has 618 valence electrons. The fourth-order valence-electron chi connectivity index (χ4n) is 23.3. The van der Waals surface area contributed by atoms with Gasteiger partial charge >= 0.3 is 6.01 Å². The molecule has 108 heavy (non-hydrogen) atoms. The topological polar surface area (TPSA) is 287 Å². The molecule has 28 heteroatoms. The Labute approximate surface area is 653 Å². The second-order valence-electron chi connectivity index (χ2n) is 44.8. The van der Waals surface area contributed by atoms with E-state index in [4.69, 9.17) is 34.6 Å². The predicted octanol–water partition coefficient (Wildman–Crippen LogP) is 14.7. The van der Waals surface area contributed by atoms with Gasteiger partial charge < -0.3 is 66.0 Å². The molecule has 8 N–H and O–H groups in total. The molecule has 0 saturated carbocycles. The highest BCUT2D eigenvalue weighted by molar-refractivity contribution is 7.99. The van der Waals surface area contributed by atoms with Crippen LogP contribution in [0.15, 0.2) is 5.16 Å². The monoisotopic (exact) mass is 1540 g/mol. The Morgan fingerprint density at radius 1 is 0.250 bits per heavy atom. The molecule has 0 aliphatic carbocycles. The van der Waals surface area contributed by atoms with Crippen LogP contribution in [0.2, 0.25) is 0 Å². The molecule has 0 bridgehead atoms. The SMILES string of the molecule is CC1(C)CC(N(c2nc(OCCSc3nc(N(C4CC(C)(C)N(O)C(C)(C)C4)C4CC(C)(C)N(O)C(C)(C)C4)nc(N(C4CC(C)(C)N(O)C(C)(C)C4)C4CC(C)(C)N(O)C(C)(C)C4)n3)nc(N(C3CC(C)(C)N(O)C(C)(C)C3)C3CC(C)(C)N(O)C(C)(C)C3)n2)C2CC(C)(C)N(O)C(C)(C)C2)CC(C)(C)N1O. The standard InChI is InChI=1S/C80H148N18O9S/c1-65(2)35-51(36-66(3,4)91(65)99)87(52-37-67(5,6)92(100)68(7,8)38-52)59-81-60(88(53-39-69(9,10)93(101)70(11,12)40-53)54-41-71(13,14)94(102)72(15,16)42-54)84-63(83-59)107-33-34-108-64-85-61(89(55-43-73(17,18)95(103)74(19,20)44-55)56-45-75(21,22)96(104)76(23,24)46-56)82-62(86-64)90(57-47-77(25,26)97(105)78(27,28)48-57)58-49-79(29,30)98(106)80(31,32)50-58/h51-58,99-106H,33-50H2,1-32H3. The number of aromatic nitrogens is 6. The van der Waals surface area contributed by atoms with Gasteiger partial charge in [0.2, 0.25) is 23.8 Å². The number of ether oxygens (including phenoxy) is 1. The normalized spacial score (nSPS) is 29.4. The number of nitrogens with zero attached hydrogens (tertiary/aromatic N) is 18. The van der Waals surface area contributed by atoms with Crippen LogP contribution in [0.4, 0.5) is 23.8 Å². The van der Waals surface area contributed by atoms with Crippen molar-refractivity contribution in [2.75, 3.05) is 32.0 Å². The van der Waals surface area contributed by atoms with Gasteiger partial charge in [0.25, 0.3) is 0 Å². The van der Waals surface area contributed by atoms with E-state index in [1.807, 2.05) is 0 Å². The van der Waals surface area contributed by atoms with Crippen LogP contribution >= 0.6 is 11.8 Å². The molecule has 27 nitrogen and oxygen atoms in total. The second kappa shape index (κ2) is 28.3. The van der Waals surface area contributed by atoms with Crippen LogP contribution < -0.4 is 24.3 Å². The van der Waals surface area contributed by atoms with E-state index in [1.54, 1.807) is 0 Å². The number of thioether (sulfide) groups is 1. The maximum absolute atomic E-state index is 12.0. The van der Waals surface area contributed by atoms with Gasteiger partial charge in [-0.15, -0.1) is 0 Å². The predicted molar refractivity (Wildman–Crippen MR) is 424 cm³/mol. The molecular formula is C80H148N18O9S. The van der Waals surface area contributed by atoms with E-state index in [9.17, 15) is 41.7 Å². The second-order valence-corrected chi connectivity index (χ2v) is 45.8. The molecule has 0 amide bonds. The zero-order valence-electron chi connectivity index (χ0n) is 72.8. The molecule has 0 unspecified atom stereocenters. The summed E-state index contributed by atoms with van der Waals surface area (Å²) in [6, 6.07) is -1.50. The fourth-order valence-corrected chi connectivity index (χ4v) is 24.0. The summed E-state index contributed by atoms with van der Waals surface area (Å²) in [7, 11) is 0. The van der Waals surface area contributed by atoms with E-state index in [-0.39, 0.29) is 61.0 Å². The molecule has 0 atom stereocenters. The van der Waals surface area contributed by atoms with Gasteiger partial charge in [0, 0.05) is 143 Å². The summed E-state index contributed by atoms with van der Waals surface area (Å²) in [5, 5.41) is 109. The molecule has 8 aliphatic rings. The highest BCUT2D eigenvalue weighted by atomic mass is 32.2. The summed E-state index contributed by atoms with van der Waals surface area (Å²) in [4.78, 5) is 43.6. The maximum Gasteiger partial charge on any atom is 0.323 e. The van der Waals surface area contributed by atoms with E-state index in [1.165, 1.54) is 52.3 Å². The van der Waals surface area contributed by atoms with Crippen LogP contribution in [0, 0.1) is 0 Å². The summed E-state index contributed by atoms with van der Waals surface area (Å²) >= 11 is 1.46. The molecule has 2 aromatic heterocycles. The lowest BCUT2D eigenvalue weighted by atomic mass is 9.74. The van der Waals surface area contributed by atoms with Crippen molar-refractivity contribution in [3.8, 4) is 6.01 Å². The molecule has 8 fully saturated rings. The van der Waals surface area contributed by atoms with Crippen LogP contribution in [-0.4, -0.2) is 261 Å². The molecule has 10 rings (SSSR count). The van der Waals surface area contributed by atoms with Crippen molar-refractivity contribution in [1.82, 2.24) is 70.4 Å². The number of piperidine rings is 8. The van der Waals surface area contributed by atoms with Gasteiger partial charge in [-0.25, -0.2) is 0 Å². The Bertz CT molecular complexity index is 2800. The number of hydroxylamine groups is 16. The first-order valence-corrected chi connectivity index (χ1v) is 41.5. The van der Waals surface area contributed by atoms with Crippen LogP contribution in [-0.2, 0) is 0 Å². The summed E-state index contributed by atoms with van der Waals surface area (Å²) < 4.78 is 7.18. The third kappa shape index (κ3) is 16.8. The minimum Gasteiger partial charge on any atom is -0.462 e. The lowest BCUT2D eigenvalue weighted by Crippen LogP contribution is -2.68. The van der Waals surface area contributed by atoms with Crippen LogP contribution in [0.1, 0.15) is 324 Å². The molecule has 10 heterocycles. The number of hydrogen-bond donors (Lipinski definition) is 8. The van der Waals surface area contributed by atoms with Gasteiger partial charge in [0.05, 0.1) is 0 Å². The van der Waals surface area contributed by atoms with Crippen molar-refractivity contribution in [1.29, 1.82) is 0 Å². The molecule has 2 aromatic rings. The first kappa shape index (κ1) is 87.1. The van der Waals surface area contributed by atoms with Crippen molar-refractivity contribution in [2.45, 2.75) is 466 Å². The van der Waals surface area contributed by atoms with E-state index < -0.39 is 88.6 Å². The largest absolute Gasteiger partial charge is 0.462 e. The van der Waals surface area contributed by atoms with Crippen LogP contribution in [0.5, 0.6) is 6.01 Å². The van der Waals surface area contributed by atoms with Crippen LogP contribution in [0.3, 0.4) is 0 Å². The molecule has 8 aliphatic heterocycles. The number of anilines is 4. The first-order chi connectivity index (χ1) is 48.6. The minimum absolute atomic E-state index is 0.0958. The summed E-state index contributed by atoms with van der Waals surface area (Å²) in [6.45, 7) is 67.0. The average molecular weight is 1540 g/mol. The average Bonchev–Trinajstić information content (AvgIpc) is 0.741. The van der Waals surface area contributed by atoms with E-state index >= 15 is 0 Å². The Hall–Kier alpha value is -3.27. The summed E-state index contributed by atoms with van der Waals surface area (Å²) in [6.07, 6.45) is 9.07. The molecule has 0 spiro atoms. The van der Waals surface area contributed by atoms with Crippen molar-refractivity contribution in [3.05, 3.63) is 0 Å². The van der Waals surface area contributed by atoms with Crippen molar-refractivity contribution in [3.63, 3.8) is 0 Å². The maximum atomic E-state index is 12.0. The zero-order chi connectivity index (χ0) is 81.4. The van der Waals surface area contributed by atoms with Gasteiger partial charge in [-0.2, -0.15) is 70.4 Å². The van der Waals surface area contributed by atoms with Gasteiger partial charge in [0.15, 0.2) is 5.16 Å². The minimum atomic E-state index is -0.678. The Morgan fingerprint density at radius 3 is 0.537 bits per heavy atom. The van der Waals surface area contributed by atoms with Gasteiger partial charge in [0.1, 0.15) is 6.61 Å². The van der Waals surface area contributed by atoms with E-state index in [0.717, 1.165) is 0 Å². The zero-order valence-corrected chi connectivity index (χ0v) is 73.6. The lowest BCUT2D eigenvalue weighted by molar-refractivity contribution is -0.251. The Morgan fingerprint density at radius 2 is 0.389 bits per heavy atom. The molecule has 0 radical (unpaired) electrons. The van der Waals surface area contributed by atoms with E-state index in [0.29, 0.717) is 137 Å². The third-order valence-corrected chi connectivity index (χ3v) is 27.5. The fraction of sp³-hybridized carbons (Fsp3) is 0.925. The van der Waals surface area contributed by atoms with Crippen molar-refractivity contribution in [2.24, 2.45) is 0 Å². The molecule has 8 saturated heterocycles. The third-order valence-electron chi connectivity index (χ3n) is 26.7. The van der Waals surface area contributed by atoms with Crippen LogP contribution in [0.25, 0.3) is 0 Å². The van der Waals surface area contributed by atoms with Gasteiger partial charge in [-0.3, -0.25) is 0 Å². The summed E-state index contributed by atoms with van der Waals surface area (Å²) in [5.41, 5.74) is -10.8. The summed E-state index contributed by atoms with van der Waals surface area (Å²) in [5.74, 6) is 2.17. The molecule has 0 aromatic carbocycles. The molecular weight excluding hydrogens is 1390 g/mol. The number of rotatable bonds is 17.